The van der Waals surface area contributed by atoms with Crippen LogP contribution in [0.2, 0.25) is 0 Å². The smallest absolute Gasteiger partial charge is 0.236 e. The van der Waals surface area contributed by atoms with Gasteiger partial charge in [-0.3, -0.25) is 14.6 Å². The third kappa shape index (κ3) is 5.13. The van der Waals surface area contributed by atoms with Gasteiger partial charge in [-0.05, 0) is 19.5 Å². The lowest BCUT2D eigenvalue weighted by Crippen LogP contribution is -2.42. The zero-order valence-corrected chi connectivity index (χ0v) is 14.3. The average Bonchev–Trinajstić information content (AvgIpc) is 2.80. The molecule has 116 valence electrons. The van der Waals surface area contributed by atoms with Crippen molar-refractivity contribution in [1.29, 1.82) is 0 Å². The van der Waals surface area contributed by atoms with E-state index in [4.69, 9.17) is 0 Å². The number of hydrogen-bond acceptors (Lipinski definition) is 5. The van der Waals surface area contributed by atoms with E-state index in [0.29, 0.717) is 6.54 Å². The van der Waals surface area contributed by atoms with Crippen LogP contribution in [0.4, 0.5) is 0 Å². The summed E-state index contributed by atoms with van der Waals surface area (Å²) in [6.45, 7) is 4.98. The third-order valence-corrected chi connectivity index (χ3v) is 6.47. The molecule has 2 heterocycles. The lowest BCUT2D eigenvalue weighted by Gasteiger charge is -2.29. The van der Waals surface area contributed by atoms with Gasteiger partial charge >= 0.3 is 0 Å². The van der Waals surface area contributed by atoms with Gasteiger partial charge in [0.15, 0.2) is 0 Å². The lowest BCUT2D eigenvalue weighted by molar-refractivity contribution is -0.129. The molecule has 0 saturated carbocycles. The van der Waals surface area contributed by atoms with E-state index < -0.39 is 0 Å². The molecule has 1 amide bonds. The second-order valence-electron chi connectivity index (χ2n) is 5.76. The Bertz CT molecular complexity index is 307. The third-order valence-electron chi connectivity index (χ3n) is 3.99. The van der Waals surface area contributed by atoms with Gasteiger partial charge in [0, 0.05) is 56.2 Å². The van der Waals surface area contributed by atoms with E-state index >= 15 is 0 Å². The quantitative estimate of drug-likeness (QED) is 0.772. The minimum atomic E-state index is 0.221. The fraction of sp³-hybridized carbons (Fsp3) is 0.929. The van der Waals surface area contributed by atoms with Crippen molar-refractivity contribution < 1.29 is 4.79 Å². The monoisotopic (exact) mass is 317 g/mol. The van der Waals surface area contributed by atoms with Gasteiger partial charge in [-0.25, -0.2) is 0 Å². The number of nitrogens with zero attached hydrogens (tertiary/aromatic N) is 3. The van der Waals surface area contributed by atoms with Crippen molar-refractivity contribution in [2.75, 3.05) is 69.8 Å². The predicted octanol–water partition coefficient (Wildman–Crippen LogP) is 0.931. The molecule has 2 rings (SSSR count). The summed E-state index contributed by atoms with van der Waals surface area (Å²) in [5.74, 6) is 5.39. The van der Waals surface area contributed by atoms with Crippen LogP contribution in [-0.2, 0) is 4.79 Å². The molecule has 2 aliphatic heterocycles. The molecule has 0 N–H and O–H groups in total. The summed E-state index contributed by atoms with van der Waals surface area (Å²) < 4.78 is 0. The number of amides is 1. The highest BCUT2D eigenvalue weighted by molar-refractivity contribution is 8.03. The summed E-state index contributed by atoms with van der Waals surface area (Å²) in [5.41, 5.74) is 0. The maximum Gasteiger partial charge on any atom is 0.236 e. The number of rotatable bonds is 3. The molecule has 0 bridgehead atoms. The van der Waals surface area contributed by atoms with Crippen LogP contribution in [0.1, 0.15) is 6.42 Å². The summed E-state index contributed by atoms with van der Waals surface area (Å²) in [5, 5.41) is 0. The van der Waals surface area contributed by atoms with E-state index in [1.807, 2.05) is 14.1 Å². The number of hydrogen-bond donors (Lipinski definition) is 0. The molecular formula is C14H27N3OS2. The molecule has 0 radical (unpaired) electrons. The Kier molecular flexibility index (Phi) is 7.01. The zero-order valence-electron chi connectivity index (χ0n) is 12.7. The average molecular weight is 318 g/mol. The van der Waals surface area contributed by atoms with Crippen LogP contribution in [0.5, 0.6) is 0 Å². The Balaban J connectivity index is 1.80. The van der Waals surface area contributed by atoms with Gasteiger partial charge in [-0.2, -0.15) is 23.5 Å². The van der Waals surface area contributed by atoms with Crippen molar-refractivity contribution in [2.24, 2.45) is 0 Å². The minimum absolute atomic E-state index is 0.221. The Morgan fingerprint density at radius 1 is 1.10 bits per heavy atom. The number of likely N-dealkylation sites (N-methyl/N-ethyl adjacent to an activating group) is 1. The van der Waals surface area contributed by atoms with Crippen LogP contribution in [-0.4, -0.2) is 96.5 Å². The van der Waals surface area contributed by atoms with E-state index in [9.17, 15) is 4.79 Å². The first-order valence-electron chi connectivity index (χ1n) is 7.49. The van der Waals surface area contributed by atoms with E-state index in [0.717, 1.165) is 25.7 Å². The normalized spacial score (nSPS) is 24.1. The highest BCUT2D eigenvalue weighted by atomic mass is 32.2. The summed E-state index contributed by atoms with van der Waals surface area (Å²) in [7, 11) is 3.68. The first-order chi connectivity index (χ1) is 9.66. The van der Waals surface area contributed by atoms with Gasteiger partial charge in [0.25, 0.3) is 0 Å². The highest BCUT2D eigenvalue weighted by Gasteiger charge is 2.24. The molecule has 0 unspecified atom stereocenters. The fourth-order valence-corrected chi connectivity index (χ4v) is 5.29. The van der Waals surface area contributed by atoms with Gasteiger partial charge in [-0.15, -0.1) is 0 Å². The van der Waals surface area contributed by atoms with Gasteiger partial charge in [0.2, 0.25) is 5.91 Å². The standard InChI is InChI=1S/C14H27N3OS2/c1-15(2)14(18)10-16-4-3-5-17(7-6-16)13-11-19-8-9-20-12-13/h13H,3-12H2,1-2H3. The molecule has 4 nitrogen and oxygen atoms in total. The summed E-state index contributed by atoms with van der Waals surface area (Å²) >= 11 is 4.21. The van der Waals surface area contributed by atoms with Crippen molar-refractivity contribution in [2.45, 2.75) is 12.5 Å². The molecule has 0 aliphatic carbocycles. The topological polar surface area (TPSA) is 26.8 Å². The van der Waals surface area contributed by atoms with Gasteiger partial charge in [0.05, 0.1) is 6.54 Å². The molecule has 0 spiro atoms. The molecule has 0 atom stereocenters. The van der Waals surface area contributed by atoms with Crippen molar-refractivity contribution in [3.05, 3.63) is 0 Å². The van der Waals surface area contributed by atoms with Crippen LogP contribution in [0.25, 0.3) is 0 Å². The van der Waals surface area contributed by atoms with E-state index in [1.54, 1.807) is 4.90 Å². The Morgan fingerprint density at radius 2 is 1.80 bits per heavy atom. The number of thioether (sulfide) groups is 2. The second-order valence-corrected chi connectivity index (χ2v) is 8.06. The molecule has 0 aromatic rings. The summed E-state index contributed by atoms with van der Waals surface area (Å²) in [4.78, 5) is 18.5. The summed E-state index contributed by atoms with van der Waals surface area (Å²) in [6.07, 6.45) is 1.19. The van der Waals surface area contributed by atoms with Crippen LogP contribution in [0.15, 0.2) is 0 Å². The van der Waals surface area contributed by atoms with E-state index in [2.05, 4.69) is 33.3 Å². The summed E-state index contributed by atoms with van der Waals surface area (Å²) in [6, 6.07) is 0.733. The molecule has 0 aromatic carbocycles. The van der Waals surface area contributed by atoms with Crippen molar-refractivity contribution in [3.8, 4) is 0 Å². The Morgan fingerprint density at radius 3 is 2.45 bits per heavy atom. The molecular weight excluding hydrogens is 290 g/mol. The Hall–Kier alpha value is 0.0900. The lowest BCUT2D eigenvalue weighted by atomic mass is 10.3. The van der Waals surface area contributed by atoms with Crippen LogP contribution in [0.3, 0.4) is 0 Å². The number of carbonyl (C=O) groups excluding carboxylic acids is 1. The predicted molar refractivity (Wildman–Crippen MR) is 89.8 cm³/mol. The highest BCUT2D eigenvalue weighted by Crippen LogP contribution is 2.21. The van der Waals surface area contributed by atoms with Crippen LogP contribution in [0, 0.1) is 0 Å². The van der Waals surface area contributed by atoms with Crippen molar-refractivity contribution >= 4 is 29.4 Å². The zero-order chi connectivity index (χ0) is 14.4. The first-order valence-corrected chi connectivity index (χ1v) is 9.80. The van der Waals surface area contributed by atoms with E-state index in [-0.39, 0.29) is 5.91 Å². The molecule has 2 saturated heterocycles. The largest absolute Gasteiger partial charge is 0.348 e. The van der Waals surface area contributed by atoms with Crippen molar-refractivity contribution in [1.82, 2.24) is 14.7 Å². The SMILES string of the molecule is CN(C)C(=O)CN1CCCN(C2CSCCSC2)CC1. The maximum atomic E-state index is 11.8. The van der Waals surface area contributed by atoms with Crippen LogP contribution < -0.4 is 0 Å². The fourth-order valence-electron chi connectivity index (χ4n) is 2.66. The second kappa shape index (κ2) is 8.51. The molecule has 2 aliphatic rings. The molecule has 0 aromatic heterocycles. The minimum Gasteiger partial charge on any atom is -0.348 e. The maximum absolute atomic E-state index is 11.8. The number of carbonyl (C=O) groups is 1. The molecule has 2 fully saturated rings. The van der Waals surface area contributed by atoms with Gasteiger partial charge in [-0.1, -0.05) is 0 Å². The van der Waals surface area contributed by atoms with Crippen LogP contribution >= 0.6 is 23.5 Å². The van der Waals surface area contributed by atoms with E-state index in [1.165, 1.54) is 36.0 Å². The Labute approximate surface area is 131 Å². The van der Waals surface area contributed by atoms with Gasteiger partial charge < -0.3 is 4.90 Å². The van der Waals surface area contributed by atoms with Gasteiger partial charge in [0.1, 0.15) is 0 Å². The molecule has 20 heavy (non-hydrogen) atoms. The first kappa shape index (κ1) is 16.5. The molecule has 6 heteroatoms. The van der Waals surface area contributed by atoms with Crippen molar-refractivity contribution in [3.63, 3.8) is 0 Å².